The van der Waals surface area contributed by atoms with E-state index in [4.69, 9.17) is 5.11 Å². The van der Waals surface area contributed by atoms with Crippen molar-refractivity contribution in [3.05, 3.63) is 0 Å². The molecule has 0 aliphatic rings. The van der Waals surface area contributed by atoms with Gasteiger partial charge in [0.25, 0.3) is 0 Å². The van der Waals surface area contributed by atoms with Crippen LogP contribution >= 0.6 is 0 Å². The number of rotatable bonds is 7. The molecule has 0 saturated carbocycles. The van der Waals surface area contributed by atoms with Crippen LogP contribution in [-0.4, -0.2) is 48.1 Å². The van der Waals surface area contributed by atoms with E-state index in [9.17, 15) is 9.59 Å². The van der Waals surface area contributed by atoms with E-state index in [-0.39, 0.29) is 18.5 Å². The van der Waals surface area contributed by atoms with E-state index >= 15 is 0 Å². The van der Waals surface area contributed by atoms with Crippen molar-refractivity contribution in [2.24, 2.45) is 5.92 Å². The Labute approximate surface area is 96.8 Å². The minimum Gasteiger partial charge on any atom is -0.481 e. The van der Waals surface area contributed by atoms with Gasteiger partial charge in [-0.1, -0.05) is 13.8 Å². The topological polar surface area (TPSA) is 69.6 Å². The van der Waals surface area contributed by atoms with Crippen molar-refractivity contribution >= 4 is 11.9 Å². The lowest BCUT2D eigenvalue weighted by Gasteiger charge is -2.19. The maximum atomic E-state index is 11.5. The maximum absolute atomic E-state index is 11.5. The molecule has 2 N–H and O–H groups in total. The smallest absolute Gasteiger partial charge is 0.307 e. The highest BCUT2D eigenvalue weighted by Gasteiger charge is 2.15. The first kappa shape index (κ1) is 14.9. The van der Waals surface area contributed by atoms with Gasteiger partial charge < -0.3 is 10.4 Å². The fourth-order valence-electron chi connectivity index (χ4n) is 1.28. The molecule has 5 heteroatoms. The fourth-order valence-corrected chi connectivity index (χ4v) is 1.28. The molecule has 0 bridgehead atoms. The summed E-state index contributed by atoms with van der Waals surface area (Å²) in [6.07, 6.45) is 0.890. The Morgan fingerprint density at radius 3 is 2.38 bits per heavy atom. The van der Waals surface area contributed by atoms with Crippen molar-refractivity contribution in [2.75, 3.05) is 20.1 Å². The van der Waals surface area contributed by atoms with Crippen molar-refractivity contribution in [3.63, 3.8) is 0 Å². The second-order valence-corrected chi connectivity index (χ2v) is 4.31. The quantitative estimate of drug-likeness (QED) is 0.670. The Kier molecular flexibility index (Phi) is 6.72. The van der Waals surface area contributed by atoms with Crippen molar-refractivity contribution in [1.29, 1.82) is 0 Å². The molecule has 5 nitrogen and oxygen atoms in total. The first-order valence-corrected chi connectivity index (χ1v) is 5.57. The number of amides is 1. The van der Waals surface area contributed by atoms with Crippen molar-refractivity contribution in [2.45, 2.75) is 33.2 Å². The van der Waals surface area contributed by atoms with E-state index < -0.39 is 11.9 Å². The highest BCUT2D eigenvalue weighted by molar-refractivity contribution is 5.78. The summed E-state index contributed by atoms with van der Waals surface area (Å²) < 4.78 is 0. The molecule has 1 amide bonds. The summed E-state index contributed by atoms with van der Waals surface area (Å²) in [4.78, 5) is 23.8. The molecular weight excluding hydrogens is 208 g/mol. The Balaban J connectivity index is 3.91. The normalized spacial score (nSPS) is 14.6. The number of carbonyl (C=O) groups is 2. The van der Waals surface area contributed by atoms with Crippen molar-refractivity contribution < 1.29 is 14.7 Å². The third kappa shape index (κ3) is 6.40. The highest BCUT2D eigenvalue weighted by Crippen LogP contribution is 1.98. The van der Waals surface area contributed by atoms with Gasteiger partial charge in [-0.3, -0.25) is 14.5 Å². The zero-order valence-electron chi connectivity index (χ0n) is 10.5. The second-order valence-electron chi connectivity index (χ2n) is 4.31. The summed E-state index contributed by atoms with van der Waals surface area (Å²) >= 11 is 0. The standard InChI is InChI=1S/C11H22N2O3/c1-5-9(3)12-10(14)7-13(4)6-8(2)11(15)16/h8-9H,5-7H2,1-4H3,(H,12,14)(H,15,16). The summed E-state index contributed by atoms with van der Waals surface area (Å²) in [6, 6.07) is 0.165. The fraction of sp³-hybridized carbons (Fsp3) is 0.818. The molecule has 0 rings (SSSR count). The Hall–Kier alpha value is -1.10. The maximum Gasteiger partial charge on any atom is 0.307 e. The van der Waals surface area contributed by atoms with E-state index in [1.807, 2.05) is 13.8 Å². The molecule has 2 atom stereocenters. The van der Waals surface area contributed by atoms with Crippen molar-refractivity contribution in [3.8, 4) is 0 Å². The molecule has 94 valence electrons. The van der Waals surface area contributed by atoms with Crippen LogP contribution in [-0.2, 0) is 9.59 Å². The molecule has 0 aliphatic carbocycles. The molecule has 0 heterocycles. The number of nitrogens with one attached hydrogen (secondary N) is 1. The summed E-state index contributed by atoms with van der Waals surface area (Å²) in [5.74, 6) is -1.36. The second kappa shape index (κ2) is 7.22. The molecule has 16 heavy (non-hydrogen) atoms. The molecule has 0 radical (unpaired) electrons. The van der Waals surface area contributed by atoms with Crippen LogP contribution in [0.5, 0.6) is 0 Å². The van der Waals surface area contributed by atoms with Gasteiger partial charge in [0.1, 0.15) is 0 Å². The van der Waals surface area contributed by atoms with Gasteiger partial charge in [-0.15, -0.1) is 0 Å². The zero-order chi connectivity index (χ0) is 12.7. The van der Waals surface area contributed by atoms with Crippen molar-refractivity contribution in [1.82, 2.24) is 10.2 Å². The lowest BCUT2D eigenvalue weighted by molar-refractivity contribution is -0.142. The van der Waals surface area contributed by atoms with Crippen LogP contribution < -0.4 is 5.32 Å². The number of carboxylic acid groups (broad SMARTS) is 1. The van der Waals surface area contributed by atoms with Crippen LogP contribution in [0.25, 0.3) is 0 Å². The monoisotopic (exact) mass is 230 g/mol. The molecule has 0 aromatic rings. The predicted octanol–water partition coefficient (Wildman–Crippen LogP) is 0.554. The molecule has 0 fully saturated rings. The number of hydrogen-bond donors (Lipinski definition) is 2. The van der Waals surface area contributed by atoms with Gasteiger partial charge in [-0.2, -0.15) is 0 Å². The van der Waals surface area contributed by atoms with E-state index in [1.165, 1.54) is 0 Å². The van der Waals surface area contributed by atoms with Crippen LogP contribution in [0, 0.1) is 5.92 Å². The Morgan fingerprint density at radius 1 is 1.38 bits per heavy atom. The van der Waals surface area contributed by atoms with E-state index in [1.54, 1.807) is 18.9 Å². The van der Waals surface area contributed by atoms with Crippen LogP contribution in [0.2, 0.25) is 0 Å². The first-order valence-electron chi connectivity index (χ1n) is 5.57. The number of carboxylic acids is 1. The SMILES string of the molecule is CCC(C)NC(=O)CN(C)CC(C)C(=O)O. The molecule has 0 aliphatic heterocycles. The Bertz CT molecular complexity index is 243. The predicted molar refractivity (Wildman–Crippen MR) is 62.2 cm³/mol. The number of carbonyl (C=O) groups excluding carboxylic acids is 1. The average Bonchev–Trinajstić information content (AvgIpc) is 2.16. The van der Waals surface area contributed by atoms with Gasteiger partial charge in [0.2, 0.25) is 5.91 Å². The van der Waals surface area contributed by atoms with Gasteiger partial charge >= 0.3 is 5.97 Å². The van der Waals surface area contributed by atoms with Gasteiger partial charge in [-0.25, -0.2) is 0 Å². The van der Waals surface area contributed by atoms with E-state index in [0.717, 1.165) is 6.42 Å². The minimum atomic E-state index is -0.839. The van der Waals surface area contributed by atoms with Gasteiger partial charge in [0.05, 0.1) is 12.5 Å². The van der Waals surface area contributed by atoms with E-state index in [0.29, 0.717) is 6.54 Å². The lowest BCUT2D eigenvalue weighted by Crippen LogP contribution is -2.41. The van der Waals surface area contributed by atoms with E-state index in [2.05, 4.69) is 5.32 Å². The third-order valence-corrected chi connectivity index (χ3v) is 2.44. The molecule has 0 spiro atoms. The van der Waals surface area contributed by atoms with Crippen LogP contribution in [0.4, 0.5) is 0 Å². The zero-order valence-corrected chi connectivity index (χ0v) is 10.5. The largest absolute Gasteiger partial charge is 0.481 e. The van der Waals surface area contributed by atoms with Crippen LogP contribution in [0.1, 0.15) is 27.2 Å². The van der Waals surface area contributed by atoms with Gasteiger partial charge in [0, 0.05) is 12.6 Å². The van der Waals surface area contributed by atoms with Gasteiger partial charge in [-0.05, 0) is 20.4 Å². The average molecular weight is 230 g/mol. The molecule has 0 saturated heterocycles. The number of likely N-dealkylation sites (N-methyl/N-ethyl adjacent to an activating group) is 1. The Morgan fingerprint density at radius 2 is 1.94 bits per heavy atom. The highest BCUT2D eigenvalue weighted by atomic mass is 16.4. The number of nitrogens with zero attached hydrogens (tertiary/aromatic N) is 1. The minimum absolute atomic E-state index is 0.0607. The lowest BCUT2D eigenvalue weighted by atomic mass is 10.2. The summed E-state index contributed by atoms with van der Waals surface area (Å²) in [5.41, 5.74) is 0. The molecule has 2 unspecified atom stereocenters. The molecule has 0 aromatic heterocycles. The summed E-state index contributed by atoms with van der Waals surface area (Å²) in [7, 11) is 1.75. The third-order valence-electron chi connectivity index (χ3n) is 2.44. The van der Waals surface area contributed by atoms with Crippen LogP contribution in [0.3, 0.4) is 0 Å². The first-order chi connectivity index (χ1) is 7.36. The molecule has 0 aromatic carbocycles. The summed E-state index contributed by atoms with van der Waals surface area (Å²) in [6.45, 7) is 6.19. The van der Waals surface area contributed by atoms with Gasteiger partial charge in [0.15, 0.2) is 0 Å². The molecular formula is C11H22N2O3. The van der Waals surface area contributed by atoms with Crippen LogP contribution in [0.15, 0.2) is 0 Å². The number of hydrogen-bond acceptors (Lipinski definition) is 3. The summed E-state index contributed by atoms with van der Waals surface area (Å²) in [5, 5.41) is 11.6. The number of aliphatic carboxylic acids is 1.